The van der Waals surface area contributed by atoms with E-state index in [0.29, 0.717) is 18.2 Å². The number of aromatic nitrogens is 1. The minimum absolute atomic E-state index is 0.0601. The van der Waals surface area contributed by atoms with Crippen LogP contribution in [0, 0.1) is 0 Å². The number of nitrogens with one attached hydrogen (secondary N) is 1. The van der Waals surface area contributed by atoms with E-state index in [1.54, 1.807) is 19.3 Å². The molecule has 1 N–H and O–H groups in total. The summed E-state index contributed by atoms with van der Waals surface area (Å²) < 4.78 is 1.47. The molecule has 2 heterocycles. The predicted octanol–water partition coefficient (Wildman–Crippen LogP) is 1.38. The van der Waals surface area contributed by atoms with Crippen LogP contribution in [-0.4, -0.2) is 40.5 Å². The number of aryl methyl sites for hydroxylation is 1. The summed E-state index contributed by atoms with van der Waals surface area (Å²) >= 11 is 0. The average molecular weight is 291 g/mol. The zero-order valence-electron chi connectivity index (χ0n) is 13.1. The largest absolute Gasteiger partial charge is 0.335 e. The lowest BCUT2D eigenvalue weighted by Gasteiger charge is -2.33. The molecule has 0 saturated carbocycles. The van der Waals surface area contributed by atoms with Gasteiger partial charge in [-0.3, -0.25) is 9.59 Å². The van der Waals surface area contributed by atoms with Gasteiger partial charge in [0.05, 0.1) is 0 Å². The van der Waals surface area contributed by atoms with E-state index >= 15 is 0 Å². The third-order valence-corrected chi connectivity index (χ3v) is 4.06. The molecule has 1 atom stereocenters. The molecule has 1 fully saturated rings. The predicted molar refractivity (Wildman–Crippen MR) is 83.5 cm³/mol. The van der Waals surface area contributed by atoms with Gasteiger partial charge < -0.3 is 14.8 Å². The van der Waals surface area contributed by atoms with Crippen molar-refractivity contribution < 1.29 is 4.79 Å². The van der Waals surface area contributed by atoms with Crippen LogP contribution in [0.25, 0.3) is 0 Å². The van der Waals surface area contributed by atoms with E-state index in [2.05, 4.69) is 5.32 Å². The molecule has 1 unspecified atom stereocenters. The van der Waals surface area contributed by atoms with E-state index < -0.39 is 0 Å². The van der Waals surface area contributed by atoms with Gasteiger partial charge in [-0.15, -0.1) is 0 Å². The molecule has 5 heteroatoms. The summed E-state index contributed by atoms with van der Waals surface area (Å²) in [5, 5.41) is 3.47. The van der Waals surface area contributed by atoms with E-state index in [1.165, 1.54) is 23.5 Å². The third-order valence-electron chi connectivity index (χ3n) is 4.06. The Morgan fingerprint density at radius 3 is 2.81 bits per heavy atom. The highest BCUT2D eigenvalue weighted by molar-refractivity contribution is 5.94. The molecule has 0 aliphatic carbocycles. The second-order valence-corrected chi connectivity index (χ2v) is 6.06. The van der Waals surface area contributed by atoms with Crippen molar-refractivity contribution in [2.45, 2.75) is 45.2 Å². The first kappa shape index (κ1) is 15.8. The number of pyridine rings is 1. The molecule has 1 amide bonds. The Morgan fingerprint density at radius 1 is 1.48 bits per heavy atom. The molecular formula is C16H25N3O2. The maximum Gasteiger partial charge on any atom is 0.254 e. The first-order chi connectivity index (χ1) is 9.99. The Hall–Kier alpha value is -1.62. The number of nitrogens with zero attached hydrogens (tertiary/aromatic N) is 2. The monoisotopic (exact) mass is 291 g/mol. The lowest BCUT2D eigenvalue weighted by molar-refractivity contribution is 0.0676. The standard InChI is InChI=1S/C16H25N3O2/c1-12(2)19(11-14-6-4-5-8-17-14)16(21)13-7-9-18(3)15(20)10-13/h7,9-10,12,14,17H,4-6,8,11H2,1-3H3. The normalized spacial score (nSPS) is 18.8. The minimum Gasteiger partial charge on any atom is -0.335 e. The van der Waals surface area contributed by atoms with E-state index in [0.717, 1.165) is 13.0 Å². The summed E-state index contributed by atoms with van der Waals surface area (Å²) in [5.74, 6) is -0.0601. The molecule has 0 spiro atoms. The second-order valence-electron chi connectivity index (χ2n) is 6.06. The van der Waals surface area contributed by atoms with Crippen LogP contribution in [0.5, 0.6) is 0 Å². The summed E-state index contributed by atoms with van der Waals surface area (Å²) in [7, 11) is 1.68. The van der Waals surface area contributed by atoms with Crippen LogP contribution in [0.1, 0.15) is 43.5 Å². The van der Waals surface area contributed by atoms with Crippen molar-refractivity contribution in [1.29, 1.82) is 0 Å². The average Bonchev–Trinajstić information content (AvgIpc) is 2.47. The maximum absolute atomic E-state index is 12.7. The van der Waals surface area contributed by atoms with Crippen LogP contribution in [-0.2, 0) is 7.05 Å². The number of hydrogen-bond acceptors (Lipinski definition) is 3. The first-order valence-electron chi connectivity index (χ1n) is 7.70. The van der Waals surface area contributed by atoms with Crippen molar-refractivity contribution in [3.05, 3.63) is 34.2 Å². The van der Waals surface area contributed by atoms with Crippen molar-refractivity contribution >= 4 is 5.91 Å². The van der Waals surface area contributed by atoms with E-state index in [1.807, 2.05) is 18.7 Å². The zero-order chi connectivity index (χ0) is 15.4. The summed E-state index contributed by atoms with van der Waals surface area (Å²) in [5.41, 5.74) is 0.322. The fourth-order valence-electron chi connectivity index (χ4n) is 2.69. The van der Waals surface area contributed by atoms with E-state index in [-0.39, 0.29) is 17.5 Å². The van der Waals surface area contributed by atoms with Crippen LogP contribution in [0.4, 0.5) is 0 Å². The van der Waals surface area contributed by atoms with Gasteiger partial charge in [-0.2, -0.15) is 0 Å². The van der Waals surface area contributed by atoms with Gasteiger partial charge in [0.15, 0.2) is 0 Å². The Balaban J connectivity index is 2.14. The molecule has 2 rings (SSSR count). The molecule has 0 aromatic carbocycles. The van der Waals surface area contributed by atoms with Gasteiger partial charge in [-0.1, -0.05) is 6.42 Å². The number of piperidine rings is 1. The van der Waals surface area contributed by atoms with Gasteiger partial charge in [-0.25, -0.2) is 0 Å². The fraction of sp³-hybridized carbons (Fsp3) is 0.625. The smallest absolute Gasteiger partial charge is 0.254 e. The molecule has 5 nitrogen and oxygen atoms in total. The fourth-order valence-corrected chi connectivity index (χ4v) is 2.69. The highest BCUT2D eigenvalue weighted by Gasteiger charge is 2.23. The molecule has 1 aliphatic rings. The van der Waals surface area contributed by atoms with E-state index in [9.17, 15) is 9.59 Å². The molecular weight excluding hydrogens is 266 g/mol. The molecule has 1 saturated heterocycles. The second kappa shape index (κ2) is 6.89. The number of hydrogen-bond donors (Lipinski definition) is 1. The zero-order valence-corrected chi connectivity index (χ0v) is 13.1. The van der Waals surface area contributed by atoms with E-state index in [4.69, 9.17) is 0 Å². The first-order valence-corrected chi connectivity index (χ1v) is 7.70. The SMILES string of the molecule is CC(C)N(CC1CCCCN1)C(=O)c1ccn(C)c(=O)c1. The highest BCUT2D eigenvalue weighted by Crippen LogP contribution is 2.13. The van der Waals surface area contributed by atoms with Gasteiger partial charge in [0.2, 0.25) is 0 Å². The van der Waals surface area contributed by atoms with Crippen molar-refractivity contribution in [2.24, 2.45) is 7.05 Å². The number of amides is 1. The van der Waals surface area contributed by atoms with Crippen LogP contribution in [0.3, 0.4) is 0 Å². The maximum atomic E-state index is 12.7. The van der Waals surface area contributed by atoms with Crippen LogP contribution in [0.15, 0.2) is 23.1 Å². The van der Waals surface area contributed by atoms with Gasteiger partial charge in [0.25, 0.3) is 11.5 Å². The van der Waals surface area contributed by atoms with Crippen LogP contribution < -0.4 is 10.9 Å². The minimum atomic E-state index is -0.152. The molecule has 0 bridgehead atoms. The Kier molecular flexibility index (Phi) is 5.17. The van der Waals surface area contributed by atoms with Gasteiger partial charge in [0.1, 0.15) is 0 Å². The number of carbonyl (C=O) groups is 1. The lowest BCUT2D eigenvalue weighted by Crippen LogP contribution is -2.48. The molecule has 116 valence electrons. The van der Waals surface area contributed by atoms with Crippen molar-refractivity contribution in [1.82, 2.24) is 14.8 Å². The molecule has 1 aromatic heterocycles. The topological polar surface area (TPSA) is 54.3 Å². The Labute approximate surface area is 126 Å². The number of carbonyl (C=O) groups excluding carboxylic acids is 1. The van der Waals surface area contributed by atoms with Crippen LogP contribution in [0.2, 0.25) is 0 Å². The van der Waals surface area contributed by atoms with Gasteiger partial charge in [-0.05, 0) is 39.3 Å². The Bertz CT molecular complexity index is 545. The summed E-state index contributed by atoms with van der Waals surface area (Å²) in [6, 6.07) is 3.61. The lowest BCUT2D eigenvalue weighted by atomic mass is 10.0. The Morgan fingerprint density at radius 2 is 2.24 bits per heavy atom. The summed E-state index contributed by atoms with van der Waals surface area (Å²) in [6.45, 7) is 5.76. The highest BCUT2D eigenvalue weighted by atomic mass is 16.2. The quantitative estimate of drug-likeness (QED) is 0.912. The summed E-state index contributed by atoms with van der Waals surface area (Å²) in [4.78, 5) is 26.2. The third kappa shape index (κ3) is 3.94. The molecule has 0 radical (unpaired) electrons. The van der Waals surface area contributed by atoms with Gasteiger partial charge >= 0.3 is 0 Å². The van der Waals surface area contributed by atoms with Crippen molar-refractivity contribution in [2.75, 3.05) is 13.1 Å². The number of rotatable bonds is 4. The molecule has 1 aromatic rings. The van der Waals surface area contributed by atoms with Crippen molar-refractivity contribution in [3.8, 4) is 0 Å². The molecule has 21 heavy (non-hydrogen) atoms. The van der Waals surface area contributed by atoms with Crippen LogP contribution >= 0.6 is 0 Å². The van der Waals surface area contributed by atoms with Gasteiger partial charge in [0, 0.05) is 43.5 Å². The van der Waals surface area contributed by atoms with Crippen molar-refractivity contribution in [3.63, 3.8) is 0 Å². The molecule has 1 aliphatic heterocycles. The summed E-state index contributed by atoms with van der Waals surface area (Å²) in [6.07, 6.45) is 5.17.